The second kappa shape index (κ2) is 8.85. The molecule has 0 heterocycles. The number of nitrogens with one attached hydrogen (secondary N) is 2. The third-order valence-corrected chi connectivity index (χ3v) is 5.40. The Morgan fingerprint density at radius 2 is 1.78 bits per heavy atom. The molecule has 2 N–H and O–H groups in total. The molecule has 0 aliphatic carbocycles. The van der Waals surface area contributed by atoms with Crippen molar-refractivity contribution in [2.75, 3.05) is 20.7 Å². The number of rotatable bonds is 6. The summed E-state index contributed by atoms with van der Waals surface area (Å²) in [6.07, 6.45) is 0. The molecule has 2 amide bonds. The molecule has 0 saturated carbocycles. The Bertz CT molecular complexity index is 947. The van der Waals surface area contributed by atoms with Crippen LogP contribution in [0.25, 0.3) is 0 Å². The van der Waals surface area contributed by atoms with Crippen LogP contribution in [0.5, 0.6) is 5.75 Å². The molecule has 10 heteroatoms. The lowest BCUT2D eigenvalue weighted by Gasteiger charge is -2.12. The fourth-order valence-corrected chi connectivity index (χ4v) is 3.08. The van der Waals surface area contributed by atoms with E-state index in [1.54, 1.807) is 24.3 Å². The Balaban J connectivity index is 1.93. The summed E-state index contributed by atoms with van der Waals surface area (Å²) in [5.74, 6) is -0.854. The van der Waals surface area contributed by atoms with E-state index in [4.69, 9.17) is 16.3 Å². The Labute approximate surface area is 162 Å². The Kier molecular flexibility index (Phi) is 6.78. The van der Waals surface area contributed by atoms with Gasteiger partial charge >= 0.3 is 0 Å². The number of carbonyl (C=O) groups is 2. The lowest BCUT2D eigenvalue weighted by atomic mass is 10.2. The SMILES string of the molecule is CN(C)S(=O)(=O)c1cccc(C(=O)NNC(=O)COc2cccc(Cl)c2)c1. The van der Waals surface area contributed by atoms with Gasteiger partial charge in [0.15, 0.2) is 6.61 Å². The van der Waals surface area contributed by atoms with Gasteiger partial charge < -0.3 is 4.74 Å². The van der Waals surface area contributed by atoms with Gasteiger partial charge in [0.05, 0.1) is 4.90 Å². The molecule has 8 nitrogen and oxygen atoms in total. The molecular weight excluding hydrogens is 394 g/mol. The second-order valence-electron chi connectivity index (χ2n) is 5.56. The molecule has 0 aliphatic rings. The number of sulfonamides is 1. The summed E-state index contributed by atoms with van der Waals surface area (Å²) in [6, 6.07) is 12.0. The molecule has 0 spiro atoms. The van der Waals surface area contributed by atoms with E-state index in [1.807, 2.05) is 0 Å². The first kappa shape index (κ1) is 20.7. The van der Waals surface area contributed by atoms with Crippen molar-refractivity contribution in [3.05, 3.63) is 59.1 Å². The summed E-state index contributed by atoms with van der Waals surface area (Å²) in [7, 11) is -0.890. The van der Waals surface area contributed by atoms with E-state index >= 15 is 0 Å². The molecule has 0 fully saturated rings. The van der Waals surface area contributed by atoms with Gasteiger partial charge in [0, 0.05) is 24.7 Å². The molecule has 0 aromatic heterocycles. The Morgan fingerprint density at radius 1 is 1.07 bits per heavy atom. The molecule has 2 aromatic rings. The van der Waals surface area contributed by atoms with Crippen LogP contribution in [-0.4, -0.2) is 45.2 Å². The van der Waals surface area contributed by atoms with Crippen LogP contribution < -0.4 is 15.6 Å². The molecule has 0 unspecified atom stereocenters. The molecule has 0 saturated heterocycles. The van der Waals surface area contributed by atoms with Crippen LogP contribution >= 0.6 is 11.6 Å². The van der Waals surface area contributed by atoms with E-state index in [-0.39, 0.29) is 17.1 Å². The third kappa shape index (κ3) is 5.68. The molecule has 27 heavy (non-hydrogen) atoms. The second-order valence-corrected chi connectivity index (χ2v) is 8.15. The van der Waals surface area contributed by atoms with E-state index in [0.29, 0.717) is 10.8 Å². The van der Waals surface area contributed by atoms with Gasteiger partial charge in [-0.2, -0.15) is 0 Å². The van der Waals surface area contributed by atoms with Gasteiger partial charge in [-0.1, -0.05) is 23.7 Å². The highest BCUT2D eigenvalue weighted by Gasteiger charge is 2.18. The highest BCUT2D eigenvalue weighted by molar-refractivity contribution is 7.89. The van der Waals surface area contributed by atoms with Crippen LogP contribution in [0, 0.1) is 0 Å². The molecule has 0 radical (unpaired) electrons. The third-order valence-electron chi connectivity index (χ3n) is 3.36. The quantitative estimate of drug-likeness (QED) is 0.699. The molecule has 0 bridgehead atoms. The number of amides is 2. The van der Waals surface area contributed by atoms with E-state index in [9.17, 15) is 18.0 Å². The molecule has 0 aliphatic heterocycles. The molecule has 2 aromatic carbocycles. The van der Waals surface area contributed by atoms with Gasteiger partial charge in [-0.05, 0) is 36.4 Å². The molecule has 0 atom stereocenters. The van der Waals surface area contributed by atoms with Gasteiger partial charge in [-0.15, -0.1) is 0 Å². The van der Waals surface area contributed by atoms with Gasteiger partial charge in [-0.25, -0.2) is 12.7 Å². The van der Waals surface area contributed by atoms with Crippen molar-refractivity contribution in [2.24, 2.45) is 0 Å². The zero-order valence-corrected chi connectivity index (χ0v) is 16.2. The van der Waals surface area contributed by atoms with Crippen molar-refractivity contribution in [1.29, 1.82) is 0 Å². The minimum atomic E-state index is -3.67. The van der Waals surface area contributed by atoms with Gasteiger partial charge in [0.25, 0.3) is 11.8 Å². The lowest BCUT2D eigenvalue weighted by molar-refractivity contribution is -0.123. The highest BCUT2D eigenvalue weighted by Crippen LogP contribution is 2.17. The predicted molar refractivity (Wildman–Crippen MR) is 99.9 cm³/mol. The van der Waals surface area contributed by atoms with Crippen LogP contribution in [0.3, 0.4) is 0 Å². The van der Waals surface area contributed by atoms with Crippen LogP contribution in [0.4, 0.5) is 0 Å². The monoisotopic (exact) mass is 411 g/mol. The minimum Gasteiger partial charge on any atom is -0.484 e. The smallest absolute Gasteiger partial charge is 0.276 e. The maximum Gasteiger partial charge on any atom is 0.276 e. The fourth-order valence-electron chi connectivity index (χ4n) is 1.95. The zero-order chi connectivity index (χ0) is 20.0. The number of hydrogen-bond acceptors (Lipinski definition) is 5. The number of nitrogens with zero attached hydrogens (tertiary/aromatic N) is 1. The maximum atomic E-state index is 12.1. The predicted octanol–water partition coefficient (Wildman–Crippen LogP) is 1.43. The van der Waals surface area contributed by atoms with Crippen molar-refractivity contribution < 1.29 is 22.7 Å². The van der Waals surface area contributed by atoms with E-state index in [1.165, 1.54) is 38.4 Å². The summed E-state index contributed by atoms with van der Waals surface area (Å²) >= 11 is 5.81. The van der Waals surface area contributed by atoms with Crippen LogP contribution in [0.2, 0.25) is 5.02 Å². The van der Waals surface area contributed by atoms with Gasteiger partial charge in [-0.3, -0.25) is 20.4 Å². The summed E-state index contributed by atoms with van der Waals surface area (Å²) in [4.78, 5) is 23.9. The minimum absolute atomic E-state index is 0.0317. The van der Waals surface area contributed by atoms with Crippen molar-refractivity contribution in [2.45, 2.75) is 4.90 Å². The molecule has 2 rings (SSSR count). The standard InChI is InChI=1S/C17H18ClN3O5S/c1-21(2)27(24,25)15-8-3-5-12(9-15)17(23)20-19-16(22)11-26-14-7-4-6-13(18)10-14/h3-10H,11H2,1-2H3,(H,19,22)(H,20,23). The van der Waals surface area contributed by atoms with Crippen molar-refractivity contribution in [3.8, 4) is 5.75 Å². The average Bonchev–Trinajstić information content (AvgIpc) is 2.64. The Morgan fingerprint density at radius 3 is 2.44 bits per heavy atom. The normalized spacial score (nSPS) is 11.1. The summed E-state index contributed by atoms with van der Waals surface area (Å²) < 4.78 is 30.5. The fraction of sp³-hybridized carbons (Fsp3) is 0.176. The summed E-state index contributed by atoms with van der Waals surface area (Å²) in [5, 5.41) is 0.466. The van der Waals surface area contributed by atoms with Gasteiger partial charge in [0.2, 0.25) is 10.0 Å². The first-order valence-corrected chi connectivity index (χ1v) is 9.52. The number of hydrazine groups is 1. The zero-order valence-electron chi connectivity index (χ0n) is 14.6. The van der Waals surface area contributed by atoms with E-state index in [2.05, 4.69) is 10.9 Å². The summed E-state index contributed by atoms with van der Waals surface area (Å²) in [6.45, 7) is -0.338. The Hall–Kier alpha value is -2.62. The van der Waals surface area contributed by atoms with E-state index in [0.717, 1.165) is 4.31 Å². The largest absolute Gasteiger partial charge is 0.484 e. The maximum absolute atomic E-state index is 12.1. The van der Waals surface area contributed by atoms with E-state index < -0.39 is 21.8 Å². The lowest BCUT2D eigenvalue weighted by Crippen LogP contribution is -2.43. The average molecular weight is 412 g/mol. The molecule has 144 valence electrons. The summed E-state index contributed by atoms with van der Waals surface area (Å²) in [5.41, 5.74) is 4.47. The first-order valence-electron chi connectivity index (χ1n) is 7.70. The van der Waals surface area contributed by atoms with Crippen LogP contribution in [-0.2, 0) is 14.8 Å². The topological polar surface area (TPSA) is 105 Å². The van der Waals surface area contributed by atoms with Crippen molar-refractivity contribution in [3.63, 3.8) is 0 Å². The highest BCUT2D eigenvalue weighted by atomic mass is 35.5. The van der Waals surface area contributed by atoms with Crippen LogP contribution in [0.1, 0.15) is 10.4 Å². The number of carbonyl (C=O) groups excluding carboxylic acids is 2. The number of ether oxygens (including phenoxy) is 1. The number of halogens is 1. The van der Waals surface area contributed by atoms with Gasteiger partial charge in [0.1, 0.15) is 5.75 Å². The number of benzene rings is 2. The van der Waals surface area contributed by atoms with Crippen molar-refractivity contribution >= 4 is 33.4 Å². The first-order chi connectivity index (χ1) is 12.7. The van der Waals surface area contributed by atoms with Crippen molar-refractivity contribution in [1.82, 2.24) is 15.2 Å². The molecular formula is C17H18ClN3O5S. The number of hydrogen-bond donors (Lipinski definition) is 2. The van der Waals surface area contributed by atoms with Crippen LogP contribution in [0.15, 0.2) is 53.4 Å².